The zero-order chi connectivity index (χ0) is 23.5. The normalized spacial score (nSPS) is 27.4. The summed E-state index contributed by atoms with van der Waals surface area (Å²) in [5, 5.41) is 9.52. The highest BCUT2D eigenvalue weighted by molar-refractivity contribution is 6.05. The first-order valence-electron chi connectivity index (χ1n) is 12.1. The summed E-state index contributed by atoms with van der Waals surface area (Å²) in [6.07, 6.45) is 6.17. The molecule has 1 aromatic rings. The predicted octanol–water partition coefficient (Wildman–Crippen LogP) is 4.34. The highest BCUT2D eigenvalue weighted by Crippen LogP contribution is 2.49. The number of imide groups is 1. The first-order valence-corrected chi connectivity index (χ1v) is 12.1. The second kappa shape index (κ2) is 10.2. The number of carbonyl (C=O) groups is 2. The van der Waals surface area contributed by atoms with Crippen LogP contribution in [0.5, 0.6) is 5.75 Å². The Bertz CT molecular complexity index is 948. The van der Waals surface area contributed by atoms with Crippen LogP contribution in [0.2, 0.25) is 0 Å². The highest BCUT2D eigenvalue weighted by Gasteiger charge is 2.56. The highest BCUT2D eigenvalue weighted by atomic mass is 16.5. The number of fused-ring (bicyclic) bond motifs is 3. The van der Waals surface area contributed by atoms with E-state index in [1.165, 1.54) is 16.0 Å². The summed E-state index contributed by atoms with van der Waals surface area (Å²) in [4.78, 5) is 27.6. The van der Waals surface area contributed by atoms with Crippen LogP contribution in [0.25, 0.3) is 6.08 Å². The summed E-state index contributed by atoms with van der Waals surface area (Å²) in [6, 6.07) is 7.23. The van der Waals surface area contributed by atoms with Crippen molar-refractivity contribution in [3.63, 3.8) is 0 Å². The van der Waals surface area contributed by atoms with Crippen LogP contribution < -0.4 is 0 Å². The maximum atomic E-state index is 13.2. The molecule has 4 atom stereocenters. The standard InChI is InChI=1S/C27H35NO5/c1-4-12-28-26(30)21-14-19(15-32-3)24-22(25(21)27(28)31)16-33-23(24)11-8-17(5-2)13-18-6-9-20(29)10-7-18/h6-7,9-10,13,21-23,25,29H,4-5,8,11-12,14-16H2,1-3H3/b17-13+/t21-,22+,23-,25-/m1/s1. The molecule has 6 nitrogen and oxygen atoms in total. The lowest BCUT2D eigenvalue weighted by atomic mass is 9.69. The van der Waals surface area contributed by atoms with Gasteiger partial charge in [0, 0.05) is 19.6 Å². The molecule has 0 unspecified atom stereocenters. The van der Waals surface area contributed by atoms with Gasteiger partial charge in [-0.25, -0.2) is 0 Å². The summed E-state index contributed by atoms with van der Waals surface area (Å²) < 4.78 is 11.8. The second-order valence-corrected chi connectivity index (χ2v) is 9.37. The fourth-order valence-corrected chi connectivity index (χ4v) is 5.76. The van der Waals surface area contributed by atoms with Crippen LogP contribution in [-0.2, 0) is 19.1 Å². The third-order valence-corrected chi connectivity index (χ3v) is 7.31. The average Bonchev–Trinajstić information content (AvgIpc) is 3.33. The quantitative estimate of drug-likeness (QED) is 0.445. The number of aromatic hydroxyl groups is 1. The summed E-state index contributed by atoms with van der Waals surface area (Å²) in [5.74, 6) is -0.358. The maximum absolute atomic E-state index is 13.2. The van der Waals surface area contributed by atoms with Gasteiger partial charge in [0.05, 0.1) is 31.2 Å². The van der Waals surface area contributed by atoms with E-state index < -0.39 is 0 Å². The lowest BCUT2D eigenvalue weighted by Crippen LogP contribution is -2.35. The van der Waals surface area contributed by atoms with Gasteiger partial charge in [-0.15, -0.1) is 0 Å². The number of benzene rings is 1. The number of amides is 2. The molecule has 33 heavy (non-hydrogen) atoms. The minimum Gasteiger partial charge on any atom is -0.508 e. The van der Waals surface area contributed by atoms with Gasteiger partial charge < -0.3 is 14.6 Å². The van der Waals surface area contributed by atoms with Crippen molar-refractivity contribution in [2.24, 2.45) is 17.8 Å². The number of hydrogen-bond acceptors (Lipinski definition) is 5. The fraction of sp³-hybridized carbons (Fsp3) is 0.556. The van der Waals surface area contributed by atoms with E-state index in [-0.39, 0.29) is 41.4 Å². The Hall–Kier alpha value is -2.44. The Morgan fingerprint density at radius 1 is 1.18 bits per heavy atom. The number of hydrogen-bond donors (Lipinski definition) is 1. The monoisotopic (exact) mass is 453 g/mol. The van der Waals surface area contributed by atoms with Crippen LogP contribution >= 0.6 is 0 Å². The Balaban J connectivity index is 1.53. The van der Waals surface area contributed by atoms with E-state index in [1.807, 2.05) is 19.1 Å². The number of allylic oxidation sites excluding steroid dienone is 1. The SMILES string of the molecule is CCCN1C(=O)[C@@H]2[C@@H](CC(COC)=C3[C@@H](CC/C(=C/c4ccc(O)cc4)CC)OC[C@@H]32)C1=O. The maximum Gasteiger partial charge on any atom is 0.233 e. The van der Waals surface area contributed by atoms with Gasteiger partial charge in [-0.05, 0) is 60.9 Å². The molecule has 1 aromatic carbocycles. The Kier molecular flexibility index (Phi) is 7.35. The van der Waals surface area contributed by atoms with Gasteiger partial charge in [0.25, 0.3) is 0 Å². The number of rotatable bonds is 9. The minimum atomic E-state index is -0.289. The Morgan fingerprint density at radius 2 is 1.94 bits per heavy atom. The van der Waals surface area contributed by atoms with Crippen molar-refractivity contribution in [3.05, 3.63) is 46.5 Å². The number of phenols is 1. The van der Waals surface area contributed by atoms with Crippen molar-refractivity contribution in [2.75, 3.05) is 26.9 Å². The predicted molar refractivity (Wildman–Crippen MR) is 126 cm³/mol. The molecule has 1 N–H and O–H groups in total. The molecular formula is C27H35NO5. The molecule has 1 aliphatic carbocycles. The third kappa shape index (κ3) is 4.64. The third-order valence-electron chi connectivity index (χ3n) is 7.31. The number of methoxy groups -OCH3 is 1. The molecule has 0 bridgehead atoms. The number of likely N-dealkylation sites (tertiary alicyclic amines) is 1. The lowest BCUT2D eigenvalue weighted by molar-refractivity contribution is -0.140. The van der Waals surface area contributed by atoms with E-state index >= 15 is 0 Å². The molecule has 4 rings (SSSR count). The average molecular weight is 454 g/mol. The molecule has 2 saturated heterocycles. The molecule has 2 amide bonds. The zero-order valence-electron chi connectivity index (χ0n) is 19.9. The van der Waals surface area contributed by atoms with Gasteiger partial charge in [0.2, 0.25) is 11.8 Å². The summed E-state index contributed by atoms with van der Waals surface area (Å²) in [5.41, 5.74) is 4.74. The molecule has 6 heteroatoms. The van der Waals surface area contributed by atoms with E-state index in [9.17, 15) is 14.7 Å². The molecule has 2 fully saturated rings. The molecule has 178 valence electrons. The molecule has 3 aliphatic rings. The molecule has 0 aromatic heterocycles. The van der Waals surface area contributed by atoms with E-state index in [1.54, 1.807) is 19.2 Å². The van der Waals surface area contributed by atoms with Crippen LogP contribution in [0.3, 0.4) is 0 Å². The van der Waals surface area contributed by atoms with Crippen LogP contribution in [0.15, 0.2) is 41.0 Å². The first kappa shape index (κ1) is 23.7. The fourth-order valence-electron chi connectivity index (χ4n) is 5.76. The number of phenolic OH excluding ortho intramolecular Hbond substituents is 1. The van der Waals surface area contributed by atoms with Gasteiger partial charge in [0.15, 0.2) is 0 Å². The topological polar surface area (TPSA) is 76.1 Å². The van der Waals surface area contributed by atoms with Gasteiger partial charge in [-0.3, -0.25) is 14.5 Å². The van der Waals surface area contributed by atoms with E-state index in [2.05, 4.69) is 13.0 Å². The largest absolute Gasteiger partial charge is 0.508 e. The van der Waals surface area contributed by atoms with Crippen LogP contribution in [0.4, 0.5) is 0 Å². The summed E-state index contributed by atoms with van der Waals surface area (Å²) in [7, 11) is 1.68. The number of ether oxygens (including phenoxy) is 2. The van der Waals surface area contributed by atoms with Crippen molar-refractivity contribution >= 4 is 17.9 Å². The van der Waals surface area contributed by atoms with Crippen molar-refractivity contribution in [3.8, 4) is 5.75 Å². The number of carbonyl (C=O) groups excluding carboxylic acids is 2. The van der Waals surface area contributed by atoms with Gasteiger partial charge in [-0.2, -0.15) is 0 Å². The second-order valence-electron chi connectivity index (χ2n) is 9.37. The minimum absolute atomic E-state index is 0.0171. The lowest BCUT2D eigenvalue weighted by Gasteiger charge is -2.31. The van der Waals surface area contributed by atoms with Gasteiger partial charge >= 0.3 is 0 Å². The molecule has 2 heterocycles. The van der Waals surface area contributed by atoms with Crippen molar-refractivity contribution in [1.82, 2.24) is 4.90 Å². The van der Waals surface area contributed by atoms with Crippen molar-refractivity contribution in [1.29, 1.82) is 0 Å². The van der Waals surface area contributed by atoms with Crippen molar-refractivity contribution < 1.29 is 24.2 Å². The van der Waals surface area contributed by atoms with Crippen molar-refractivity contribution in [2.45, 2.75) is 52.1 Å². The molecule has 2 aliphatic heterocycles. The molecular weight excluding hydrogens is 418 g/mol. The van der Waals surface area contributed by atoms with E-state index in [4.69, 9.17) is 9.47 Å². The van der Waals surface area contributed by atoms with Crippen LogP contribution in [-0.4, -0.2) is 54.8 Å². The molecule has 0 saturated carbocycles. The van der Waals surface area contributed by atoms with Crippen LogP contribution in [0.1, 0.15) is 51.5 Å². The number of nitrogens with zero attached hydrogens (tertiary/aromatic N) is 1. The Labute approximate surface area is 196 Å². The first-order chi connectivity index (χ1) is 16.0. The van der Waals surface area contributed by atoms with Crippen LogP contribution in [0, 0.1) is 17.8 Å². The zero-order valence-corrected chi connectivity index (χ0v) is 19.9. The van der Waals surface area contributed by atoms with Gasteiger partial charge in [0.1, 0.15) is 5.75 Å². The van der Waals surface area contributed by atoms with E-state index in [0.29, 0.717) is 26.2 Å². The van der Waals surface area contributed by atoms with E-state index in [0.717, 1.165) is 36.8 Å². The molecule has 0 spiro atoms. The smallest absolute Gasteiger partial charge is 0.233 e. The van der Waals surface area contributed by atoms with Gasteiger partial charge in [-0.1, -0.05) is 37.6 Å². The molecule has 0 radical (unpaired) electrons. The summed E-state index contributed by atoms with van der Waals surface area (Å²) >= 11 is 0. The summed E-state index contributed by atoms with van der Waals surface area (Å²) in [6.45, 7) is 5.62. The Morgan fingerprint density at radius 3 is 2.61 bits per heavy atom.